The lowest BCUT2D eigenvalue weighted by molar-refractivity contribution is -0.121. The Kier molecular flexibility index (Phi) is 5.26. The number of hydrogen-bond acceptors (Lipinski definition) is 3. The lowest BCUT2D eigenvalue weighted by Gasteiger charge is -2.20. The molecule has 0 fully saturated rings. The third kappa shape index (κ3) is 4.01. The molecular formula is C19H20ClNO3. The van der Waals surface area contributed by atoms with Crippen LogP contribution in [0.25, 0.3) is 0 Å². The zero-order valence-corrected chi connectivity index (χ0v) is 14.3. The van der Waals surface area contributed by atoms with Crippen LogP contribution in [0, 0.1) is 0 Å². The van der Waals surface area contributed by atoms with E-state index in [0.717, 1.165) is 11.1 Å². The van der Waals surface area contributed by atoms with Gasteiger partial charge < -0.3 is 14.8 Å². The summed E-state index contributed by atoms with van der Waals surface area (Å²) in [5.41, 5.74) is 2.06. The third-order valence-corrected chi connectivity index (χ3v) is 4.29. The Balaban J connectivity index is 1.57. The second-order valence-corrected chi connectivity index (χ2v) is 6.30. The van der Waals surface area contributed by atoms with Gasteiger partial charge in [0.1, 0.15) is 13.2 Å². The van der Waals surface area contributed by atoms with Gasteiger partial charge in [0.2, 0.25) is 5.91 Å². The summed E-state index contributed by atoms with van der Waals surface area (Å²) in [4.78, 5) is 12.2. The zero-order chi connectivity index (χ0) is 16.9. The lowest BCUT2D eigenvalue weighted by atomic mass is 9.97. The Morgan fingerprint density at radius 3 is 2.75 bits per heavy atom. The summed E-state index contributed by atoms with van der Waals surface area (Å²) in [5.74, 6) is 1.40. The van der Waals surface area contributed by atoms with Crippen molar-refractivity contribution >= 4 is 17.5 Å². The number of hydrogen-bond donors (Lipinski definition) is 1. The fourth-order valence-electron chi connectivity index (χ4n) is 2.72. The summed E-state index contributed by atoms with van der Waals surface area (Å²) in [6, 6.07) is 13.7. The minimum atomic E-state index is 0.0114. The molecule has 2 aromatic carbocycles. The highest BCUT2D eigenvalue weighted by molar-refractivity contribution is 6.32. The van der Waals surface area contributed by atoms with Crippen LogP contribution in [0.5, 0.6) is 11.5 Å². The minimum absolute atomic E-state index is 0.0114. The van der Waals surface area contributed by atoms with Crippen molar-refractivity contribution in [2.24, 2.45) is 0 Å². The number of fused-ring (bicyclic) bond motifs is 1. The van der Waals surface area contributed by atoms with Gasteiger partial charge in [0.25, 0.3) is 0 Å². The van der Waals surface area contributed by atoms with Crippen LogP contribution in [0.2, 0.25) is 5.02 Å². The molecule has 1 aliphatic rings. The van der Waals surface area contributed by atoms with Crippen molar-refractivity contribution in [3.63, 3.8) is 0 Å². The first-order valence-corrected chi connectivity index (χ1v) is 8.41. The number of amides is 1. The first-order chi connectivity index (χ1) is 11.6. The molecule has 1 aliphatic heterocycles. The van der Waals surface area contributed by atoms with Crippen LogP contribution in [0.1, 0.15) is 30.4 Å². The number of rotatable bonds is 5. The minimum Gasteiger partial charge on any atom is -0.486 e. The number of benzene rings is 2. The van der Waals surface area contributed by atoms with Gasteiger partial charge in [-0.15, -0.1) is 0 Å². The summed E-state index contributed by atoms with van der Waals surface area (Å²) >= 11 is 6.21. The van der Waals surface area contributed by atoms with Gasteiger partial charge in [-0.05, 0) is 29.2 Å². The van der Waals surface area contributed by atoms with Crippen molar-refractivity contribution < 1.29 is 14.3 Å². The molecule has 1 amide bonds. The van der Waals surface area contributed by atoms with Gasteiger partial charge in [-0.2, -0.15) is 0 Å². The Bertz CT molecular complexity index is 718. The molecule has 3 rings (SSSR count). The normalized spacial score (nSPS) is 14.1. The zero-order valence-electron chi connectivity index (χ0n) is 13.5. The molecule has 126 valence electrons. The predicted molar refractivity (Wildman–Crippen MR) is 93.8 cm³/mol. The first kappa shape index (κ1) is 16.7. The number of carbonyl (C=O) groups is 1. The van der Waals surface area contributed by atoms with Gasteiger partial charge in [-0.1, -0.05) is 48.9 Å². The van der Waals surface area contributed by atoms with Crippen LogP contribution < -0.4 is 14.8 Å². The van der Waals surface area contributed by atoms with Gasteiger partial charge in [0.15, 0.2) is 11.5 Å². The fourth-order valence-corrected chi connectivity index (χ4v) is 3.00. The molecule has 0 aliphatic carbocycles. The molecular weight excluding hydrogens is 326 g/mol. The first-order valence-electron chi connectivity index (χ1n) is 8.03. The second-order valence-electron chi connectivity index (χ2n) is 5.89. The van der Waals surface area contributed by atoms with Crippen molar-refractivity contribution in [2.45, 2.75) is 25.8 Å². The van der Waals surface area contributed by atoms with E-state index in [4.69, 9.17) is 21.1 Å². The largest absolute Gasteiger partial charge is 0.486 e. The highest BCUT2D eigenvalue weighted by Gasteiger charge is 2.17. The maximum Gasteiger partial charge on any atom is 0.220 e. The van der Waals surface area contributed by atoms with Crippen molar-refractivity contribution in [1.29, 1.82) is 0 Å². The molecule has 5 heteroatoms. The van der Waals surface area contributed by atoms with Gasteiger partial charge >= 0.3 is 0 Å². The van der Waals surface area contributed by atoms with Gasteiger partial charge in [-0.25, -0.2) is 0 Å². The summed E-state index contributed by atoms with van der Waals surface area (Å²) in [7, 11) is 0. The average molecular weight is 346 g/mol. The van der Waals surface area contributed by atoms with Crippen molar-refractivity contribution in [1.82, 2.24) is 5.32 Å². The topological polar surface area (TPSA) is 47.6 Å². The molecule has 24 heavy (non-hydrogen) atoms. The molecule has 0 spiro atoms. The average Bonchev–Trinajstić information content (AvgIpc) is 2.61. The molecule has 0 saturated carbocycles. The van der Waals surface area contributed by atoms with E-state index in [0.29, 0.717) is 42.7 Å². The van der Waals surface area contributed by atoms with Crippen LogP contribution in [0.15, 0.2) is 42.5 Å². The van der Waals surface area contributed by atoms with Crippen LogP contribution in [-0.2, 0) is 11.3 Å². The van der Waals surface area contributed by atoms with Crippen molar-refractivity contribution in [3.05, 3.63) is 58.6 Å². The Labute approximate surface area is 146 Å². The van der Waals surface area contributed by atoms with Crippen LogP contribution in [0.4, 0.5) is 0 Å². The van der Waals surface area contributed by atoms with Gasteiger partial charge in [0, 0.05) is 13.0 Å². The number of carbonyl (C=O) groups excluding carboxylic acids is 1. The summed E-state index contributed by atoms with van der Waals surface area (Å²) in [5, 5.41) is 3.45. The second kappa shape index (κ2) is 7.58. The smallest absolute Gasteiger partial charge is 0.220 e. The van der Waals surface area contributed by atoms with Crippen molar-refractivity contribution in [3.8, 4) is 11.5 Å². The highest BCUT2D eigenvalue weighted by Crippen LogP contribution is 2.38. The third-order valence-electron chi connectivity index (χ3n) is 4.01. The Morgan fingerprint density at radius 2 is 1.96 bits per heavy atom. The van der Waals surface area contributed by atoms with Gasteiger partial charge in [0.05, 0.1) is 5.02 Å². The Hall–Kier alpha value is -2.20. The SMILES string of the molecule is CC(CC(=O)NCc1cc(Cl)c2c(c1)OCCO2)c1ccccc1. The molecule has 4 nitrogen and oxygen atoms in total. The molecule has 0 aromatic heterocycles. The van der Waals surface area contributed by atoms with E-state index < -0.39 is 0 Å². The molecule has 2 aromatic rings. The predicted octanol–water partition coefficient (Wildman–Crippen LogP) is 3.92. The van der Waals surface area contributed by atoms with E-state index in [1.807, 2.05) is 36.4 Å². The maximum absolute atomic E-state index is 12.2. The van der Waals surface area contributed by atoms with Crippen LogP contribution in [0.3, 0.4) is 0 Å². The molecule has 1 heterocycles. The number of ether oxygens (including phenoxy) is 2. The number of halogens is 1. The monoisotopic (exact) mass is 345 g/mol. The quantitative estimate of drug-likeness (QED) is 0.893. The van der Waals surface area contributed by atoms with E-state index in [2.05, 4.69) is 12.2 Å². The van der Waals surface area contributed by atoms with Crippen LogP contribution in [-0.4, -0.2) is 19.1 Å². The van der Waals surface area contributed by atoms with E-state index >= 15 is 0 Å². The highest BCUT2D eigenvalue weighted by atomic mass is 35.5. The lowest BCUT2D eigenvalue weighted by Crippen LogP contribution is -2.24. The standard InChI is InChI=1S/C19H20ClNO3/c1-13(15-5-3-2-4-6-15)9-18(22)21-12-14-10-16(20)19-17(11-14)23-7-8-24-19/h2-6,10-11,13H,7-9,12H2,1H3,(H,21,22). The summed E-state index contributed by atoms with van der Waals surface area (Å²) in [6.45, 7) is 3.47. The molecule has 0 radical (unpaired) electrons. The molecule has 0 bridgehead atoms. The van der Waals surface area contributed by atoms with E-state index in [1.54, 1.807) is 6.07 Å². The molecule has 1 atom stereocenters. The van der Waals surface area contributed by atoms with E-state index in [-0.39, 0.29) is 11.8 Å². The van der Waals surface area contributed by atoms with E-state index in [1.165, 1.54) is 0 Å². The maximum atomic E-state index is 12.2. The Morgan fingerprint density at radius 1 is 1.21 bits per heavy atom. The molecule has 0 saturated heterocycles. The summed E-state index contributed by atoms with van der Waals surface area (Å²) in [6.07, 6.45) is 0.447. The van der Waals surface area contributed by atoms with Crippen molar-refractivity contribution in [2.75, 3.05) is 13.2 Å². The van der Waals surface area contributed by atoms with Crippen LogP contribution >= 0.6 is 11.6 Å². The molecule has 1 unspecified atom stereocenters. The summed E-state index contributed by atoms with van der Waals surface area (Å²) < 4.78 is 11.0. The van der Waals surface area contributed by atoms with Gasteiger partial charge in [-0.3, -0.25) is 4.79 Å². The molecule has 1 N–H and O–H groups in total. The number of nitrogens with one attached hydrogen (secondary N) is 1. The van der Waals surface area contributed by atoms with E-state index in [9.17, 15) is 4.79 Å². The fraction of sp³-hybridized carbons (Fsp3) is 0.316.